The molecule has 11 heteroatoms. The molecule has 2 aliphatic heterocycles. The van der Waals surface area contributed by atoms with Gasteiger partial charge >= 0.3 is 0 Å². The first-order chi connectivity index (χ1) is 15.3. The third kappa shape index (κ3) is 5.46. The molecule has 32 heavy (non-hydrogen) atoms. The SMILES string of the molecule is CCC(O[C@@H]1O[C@@H](CO[C@@H]2O[C@@H](CO)[C@@H](O)[C@H](O)[C@@H]2O)[C@@H](O)[C@H](O)[C@@H]1O)c1ccccc1. The van der Waals surface area contributed by atoms with Gasteiger partial charge in [-0.3, -0.25) is 0 Å². The largest absolute Gasteiger partial charge is 0.394 e. The molecule has 0 aliphatic carbocycles. The lowest BCUT2D eigenvalue weighted by atomic mass is 9.98. The number of ether oxygens (including phenoxy) is 4. The highest BCUT2D eigenvalue weighted by Crippen LogP contribution is 2.30. The van der Waals surface area contributed by atoms with Crippen LogP contribution in [-0.4, -0.2) is 110 Å². The highest BCUT2D eigenvalue weighted by molar-refractivity contribution is 5.17. The topological polar surface area (TPSA) is 179 Å². The average Bonchev–Trinajstić information content (AvgIpc) is 2.81. The smallest absolute Gasteiger partial charge is 0.187 e. The van der Waals surface area contributed by atoms with E-state index in [0.29, 0.717) is 6.42 Å². The second-order valence-electron chi connectivity index (χ2n) is 7.99. The van der Waals surface area contributed by atoms with Crippen LogP contribution in [0.3, 0.4) is 0 Å². The third-order valence-electron chi connectivity index (χ3n) is 5.78. The van der Waals surface area contributed by atoms with Crippen molar-refractivity contribution in [3.05, 3.63) is 35.9 Å². The Morgan fingerprint density at radius 2 is 1.34 bits per heavy atom. The van der Waals surface area contributed by atoms with Crippen LogP contribution >= 0.6 is 0 Å². The van der Waals surface area contributed by atoms with Crippen molar-refractivity contribution < 1.29 is 54.7 Å². The first-order valence-electron chi connectivity index (χ1n) is 10.6. The van der Waals surface area contributed by atoms with E-state index in [0.717, 1.165) is 5.56 Å². The number of hydrogen-bond donors (Lipinski definition) is 7. The molecular weight excluding hydrogens is 428 g/mol. The molecule has 0 amide bonds. The molecule has 3 rings (SSSR count). The van der Waals surface area contributed by atoms with E-state index in [9.17, 15) is 35.7 Å². The Morgan fingerprint density at radius 3 is 1.94 bits per heavy atom. The number of aliphatic hydroxyl groups is 7. The molecular formula is C21H32O11. The van der Waals surface area contributed by atoms with Gasteiger partial charge in [-0.15, -0.1) is 0 Å². The van der Waals surface area contributed by atoms with Crippen LogP contribution in [0.5, 0.6) is 0 Å². The Hall–Kier alpha value is -1.22. The average molecular weight is 460 g/mol. The molecule has 0 bridgehead atoms. The van der Waals surface area contributed by atoms with Crippen LogP contribution in [-0.2, 0) is 18.9 Å². The third-order valence-corrected chi connectivity index (χ3v) is 5.78. The van der Waals surface area contributed by atoms with E-state index < -0.39 is 80.7 Å². The molecule has 1 unspecified atom stereocenters. The maximum absolute atomic E-state index is 10.4. The van der Waals surface area contributed by atoms with E-state index in [1.54, 1.807) is 0 Å². The van der Waals surface area contributed by atoms with E-state index in [2.05, 4.69) is 0 Å². The lowest BCUT2D eigenvalue weighted by molar-refractivity contribution is -0.336. The molecule has 2 fully saturated rings. The van der Waals surface area contributed by atoms with E-state index in [1.807, 2.05) is 37.3 Å². The summed E-state index contributed by atoms with van der Waals surface area (Å²) in [5.41, 5.74) is 0.848. The Labute approximate surface area is 185 Å². The molecule has 1 aromatic rings. The van der Waals surface area contributed by atoms with Crippen molar-refractivity contribution in [2.45, 2.75) is 80.9 Å². The van der Waals surface area contributed by atoms with Gasteiger partial charge in [0.05, 0.1) is 19.3 Å². The van der Waals surface area contributed by atoms with Gasteiger partial charge in [0.1, 0.15) is 48.8 Å². The minimum absolute atomic E-state index is 0.407. The van der Waals surface area contributed by atoms with Crippen LogP contribution in [0.25, 0.3) is 0 Å². The molecule has 0 radical (unpaired) electrons. The maximum Gasteiger partial charge on any atom is 0.187 e. The summed E-state index contributed by atoms with van der Waals surface area (Å²) < 4.78 is 22.2. The molecule has 2 heterocycles. The van der Waals surface area contributed by atoms with Crippen molar-refractivity contribution in [3.8, 4) is 0 Å². The van der Waals surface area contributed by atoms with Gasteiger partial charge in [-0.2, -0.15) is 0 Å². The zero-order valence-corrected chi connectivity index (χ0v) is 17.6. The lowest BCUT2D eigenvalue weighted by Crippen LogP contribution is -2.61. The van der Waals surface area contributed by atoms with E-state index in [4.69, 9.17) is 18.9 Å². The monoisotopic (exact) mass is 460 g/mol. The summed E-state index contributed by atoms with van der Waals surface area (Å²) in [4.78, 5) is 0. The maximum atomic E-state index is 10.4. The second-order valence-corrected chi connectivity index (χ2v) is 7.99. The van der Waals surface area contributed by atoms with Crippen LogP contribution < -0.4 is 0 Å². The summed E-state index contributed by atoms with van der Waals surface area (Å²) in [6.45, 7) is 0.861. The molecule has 11 nitrogen and oxygen atoms in total. The predicted octanol–water partition coefficient (Wildman–Crippen LogP) is -2.22. The number of benzene rings is 1. The Morgan fingerprint density at radius 1 is 0.781 bits per heavy atom. The van der Waals surface area contributed by atoms with Gasteiger partial charge in [0, 0.05) is 0 Å². The zero-order chi connectivity index (χ0) is 23.4. The van der Waals surface area contributed by atoms with Gasteiger partial charge in [0.15, 0.2) is 12.6 Å². The van der Waals surface area contributed by atoms with Gasteiger partial charge in [-0.05, 0) is 12.0 Å². The molecule has 11 atom stereocenters. The van der Waals surface area contributed by atoms with Crippen LogP contribution in [0, 0.1) is 0 Å². The predicted molar refractivity (Wildman–Crippen MR) is 107 cm³/mol. The molecule has 1 aromatic carbocycles. The summed E-state index contributed by atoms with van der Waals surface area (Å²) in [5, 5.41) is 70.0. The van der Waals surface area contributed by atoms with Gasteiger partial charge in [-0.25, -0.2) is 0 Å². The van der Waals surface area contributed by atoms with E-state index >= 15 is 0 Å². The zero-order valence-electron chi connectivity index (χ0n) is 17.6. The molecule has 2 aliphatic rings. The van der Waals surface area contributed by atoms with Gasteiger partial charge in [0.25, 0.3) is 0 Å². The van der Waals surface area contributed by atoms with Crippen molar-refractivity contribution in [2.24, 2.45) is 0 Å². The molecule has 182 valence electrons. The fourth-order valence-corrected chi connectivity index (χ4v) is 3.80. The summed E-state index contributed by atoms with van der Waals surface area (Å²) in [5.74, 6) is 0. The first kappa shape index (κ1) is 25.4. The van der Waals surface area contributed by atoms with Crippen LogP contribution in [0.4, 0.5) is 0 Å². The quantitative estimate of drug-likeness (QED) is 0.223. The molecule has 0 spiro atoms. The minimum atomic E-state index is -1.63. The van der Waals surface area contributed by atoms with Gasteiger partial charge in [0.2, 0.25) is 0 Å². The second kappa shape index (κ2) is 11.3. The standard InChI is InChI=1S/C21H32O11/c1-2-11(10-6-4-3-5-7-10)30-21-19(28)17(26)15(24)13(32-21)9-29-20-18(27)16(25)14(23)12(8-22)31-20/h3-7,11-28H,2,8-9H2,1H3/t11?,12-,13-,14+,15+,16-,17-,18-,19-,20+,21+/m0/s1. The Balaban J connectivity index is 1.65. The molecule has 0 saturated carbocycles. The fraction of sp³-hybridized carbons (Fsp3) is 0.714. The fourth-order valence-electron chi connectivity index (χ4n) is 3.80. The number of rotatable bonds is 8. The highest BCUT2D eigenvalue weighted by atomic mass is 16.7. The van der Waals surface area contributed by atoms with Gasteiger partial charge in [-0.1, -0.05) is 37.3 Å². The summed E-state index contributed by atoms with van der Waals surface area (Å²) in [6.07, 6.45) is -14.4. The normalized spacial score (nSPS) is 41.4. The van der Waals surface area contributed by atoms with Crippen molar-refractivity contribution in [1.82, 2.24) is 0 Å². The summed E-state index contributed by atoms with van der Waals surface area (Å²) >= 11 is 0. The minimum Gasteiger partial charge on any atom is -0.394 e. The number of aliphatic hydroxyl groups excluding tert-OH is 7. The Bertz CT molecular complexity index is 690. The summed E-state index contributed by atoms with van der Waals surface area (Å²) in [6, 6.07) is 9.25. The van der Waals surface area contributed by atoms with Gasteiger partial charge < -0.3 is 54.7 Å². The van der Waals surface area contributed by atoms with Crippen LogP contribution in [0.15, 0.2) is 30.3 Å². The van der Waals surface area contributed by atoms with Crippen molar-refractivity contribution in [2.75, 3.05) is 13.2 Å². The molecule has 7 N–H and O–H groups in total. The van der Waals surface area contributed by atoms with Crippen molar-refractivity contribution in [3.63, 3.8) is 0 Å². The Kier molecular flexibility index (Phi) is 8.95. The molecule has 2 saturated heterocycles. The van der Waals surface area contributed by atoms with Crippen molar-refractivity contribution in [1.29, 1.82) is 0 Å². The first-order valence-corrected chi connectivity index (χ1v) is 10.6. The van der Waals surface area contributed by atoms with E-state index in [-0.39, 0.29) is 0 Å². The van der Waals surface area contributed by atoms with E-state index in [1.165, 1.54) is 0 Å². The number of hydrogen-bond acceptors (Lipinski definition) is 11. The van der Waals surface area contributed by atoms with Crippen LogP contribution in [0.2, 0.25) is 0 Å². The summed E-state index contributed by atoms with van der Waals surface area (Å²) in [7, 11) is 0. The lowest BCUT2D eigenvalue weighted by Gasteiger charge is -2.43. The highest BCUT2D eigenvalue weighted by Gasteiger charge is 2.47. The van der Waals surface area contributed by atoms with Crippen molar-refractivity contribution >= 4 is 0 Å². The molecule has 0 aromatic heterocycles. The van der Waals surface area contributed by atoms with Crippen LogP contribution in [0.1, 0.15) is 25.0 Å².